The van der Waals surface area contributed by atoms with E-state index in [1.54, 1.807) is 0 Å². The lowest BCUT2D eigenvalue weighted by molar-refractivity contribution is -0.113. The molecule has 1 heterocycles. The zero-order valence-electron chi connectivity index (χ0n) is 8.34. The molecule has 1 fully saturated rings. The van der Waals surface area contributed by atoms with Crippen molar-refractivity contribution in [2.24, 2.45) is 5.41 Å². The van der Waals surface area contributed by atoms with E-state index in [9.17, 15) is 0 Å². The third-order valence-electron chi connectivity index (χ3n) is 2.52. The van der Waals surface area contributed by atoms with Crippen molar-refractivity contribution in [3.8, 4) is 0 Å². The minimum Gasteiger partial charge on any atom is -0.394 e. The molecule has 0 aromatic carbocycles. The van der Waals surface area contributed by atoms with Crippen LogP contribution in [0.25, 0.3) is 0 Å². The predicted octanol–water partition coefficient (Wildman–Crippen LogP) is 1.96. The summed E-state index contributed by atoms with van der Waals surface area (Å²) < 4.78 is 5.75. The minimum atomic E-state index is 0.0861. The Labute approximate surface area is 74.9 Å². The summed E-state index contributed by atoms with van der Waals surface area (Å²) in [6, 6.07) is 0. The van der Waals surface area contributed by atoms with Gasteiger partial charge >= 0.3 is 0 Å². The van der Waals surface area contributed by atoms with E-state index in [2.05, 4.69) is 20.8 Å². The average molecular weight is 172 g/mol. The Morgan fingerprint density at radius 1 is 1.33 bits per heavy atom. The molecule has 2 heteroatoms. The fourth-order valence-corrected chi connectivity index (χ4v) is 1.67. The molecule has 0 radical (unpaired) electrons. The third kappa shape index (κ3) is 2.46. The van der Waals surface area contributed by atoms with E-state index in [1.807, 2.05) is 0 Å². The second-order valence-electron chi connectivity index (χ2n) is 4.73. The smallest absolute Gasteiger partial charge is 0.0809 e. The first-order valence-electron chi connectivity index (χ1n) is 4.80. The molecule has 1 saturated heterocycles. The van der Waals surface area contributed by atoms with E-state index in [4.69, 9.17) is 9.84 Å². The standard InChI is InChI=1S/C10H20O2/c1-10(2,3)9-6-4-5-8(7-11)12-9/h8-9,11H,4-7H2,1-3H3/t8-,9+/m1/s1. The summed E-state index contributed by atoms with van der Waals surface area (Å²) in [5.74, 6) is 0. The summed E-state index contributed by atoms with van der Waals surface area (Å²) in [5, 5.41) is 8.95. The monoisotopic (exact) mass is 172 g/mol. The number of aliphatic hydroxyl groups excluding tert-OH is 1. The Balaban J connectivity index is 2.46. The van der Waals surface area contributed by atoms with Gasteiger partial charge in [0.2, 0.25) is 0 Å². The lowest BCUT2D eigenvalue weighted by Gasteiger charge is -2.37. The molecule has 1 aliphatic rings. The first-order valence-corrected chi connectivity index (χ1v) is 4.80. The Bertz CT molecular complexity index is 137. The van der Waals surface area contributed by atoms with Gasteiger partial charge in [0, 0.05) is 0 Å². The Morgan fingerprint density at radius 3 is 2.50 bits per heavy atom. The van der Waals surface area contributed by atoms with Gasteiger partial charge in [0.25, 0.3) is 0 Å². The molecule has 1 rings (SSSR count). The molecule has 0 aromatic heterocycles. The number of hydrogen-bond donors (Lipinski definition) is 1. The van der Waals surface area contributed by atoms with Gasteiger partial charge in [-0.1, -0.05) is 20.8 Å². The number of hydrogen-bond acceptors (Lipinski definition) is 2. The maximum absolute atomic E-state index is 8.95. The lowest BCUT2D eigenvalue weighted by atomic mass is 9.84. The molecule has 0 aromatic rings. The van der Waals surface area contributed by atoms with Crippen molar-refractivity contribution in [3.63, 3.8) is 0 Å². The van der Waals surface area contributed by atoms with Crippen LogP contribution in [-0.2, 0) is 4.74 Å². The maximum atomic E-state index is 8.95. The van der Waals surface area contributed by atoms with Crippen molar-refractivity contribution in [1.82, 2.24) is 0 Å². The summed E-state index contributed by atoms with van der Waals surface area (Å²) in [5.41, 5.74) is 0.216. The first-order chi connectivity index (χ1) is 5.54. The van der Waals surface area contributed by atoms with Gasteiger partial charge in [-0.15, -0.1) is 0 Å². The van der Waals surface area contributed by atoms with Crippen molar-refractivity contribution >= 4 is 0 Å². The number of aliphatic hydroxyl groups is 1. The van der Waals surface area contributed by atoms with Gasteiger partial charge in [0.15, 0.2) is 0 Å². The molecule has 72 valence electrons. The number of rotatable bonds is 1. The van der Waals surface area contributed by atoms with Crippen LogP contribution in [0.4, 0.5) is 0 Å². The van der Waals surface area contributed by atoms with Crippen molar-refractivity contribution in [2.75, 3.05) is 6.61 Å². The molecule has 12 heavy (non-hydrogen) atoms. The lowest BCUT2D eigenvalue weighted by Crippen LogP contribution is -2.38. The maximum Gasteiger partial charge on any atom is 0.0809 e. The number of ether oxygens (including phenoxy) is 1. The molecular weight excluding hydrogens is 152 g/mol. The fraction of sp³-hybridized carbons (Fsp3) is 1.00. The van der Waals surface area contributed by atoms with Crippen LogP contribution >= 0.6 is 0 Å². The Kier molecular flexibility index (Phi) is 3.13. The topological polar surface area (TPSA) is 29.5 Å². The van der Waals surface area contributed by atoms with E-state index >= 15 is 0 Å². The van der Waals surface area contributed by atoms with Gasteiger partial charge in [-0.2, -0.15) is 0 Å². The summed E-state index contributed by atoms with van der Waals surface area (Å²) in [7, 11) is 0. The highest BCUT2D eigenvalue weighted by atomic mass is 16.5. The molecule has 0 saturated carbocycles. The van der Waals surface area contributed by atoms with Crippen LogP contribution in [-0.4, -0.2) is 23.9 Å². The average Bonchev–Trinajstić information content (AvgIpc) is 2.03. The molecule has 0 spiro atoms. The van der Waals surface area contributed by atoms with Gasteiger partial charge in [-0.25, -0.2) is 0 Å². The molecule has 1 N–H and O–H groups in total. The van der Waals surface area contributed by atoms with Crippen LogP contribution in [0.1, 0.15) is 40.0 Å². The van der Waals surface area contributed by atoms with Crippen LogP contribution in [0.2, 0.25) is 0 Å². The first kappa shape index (κ1) is 10.0. The predicted molar refractivity (Wildman–Crippen MR) is 49.1 cm³/mol. The molecule has 2 nitrogen and oxygen atoms in total. The Morgan fingerprint density at radius 2 is 2.00 bits per heavy atom. The van der Waals surface area contributed by atoms with E-state index in [0.29, 0.717) is 6.10 Å². The Hall–Kier alpha value is -0.0800. The van der Waals surface area contributed by atoms with Gasteiger partial charge in [0.1, 0.15) is 0 Å². The van der Waals surface area contributed by atoms with Crippen LogP contribution in [0.3, 0.4) is 0 Å². The zero-order valence-corrected chi connectivity index (χ0v) is 8.34. The summed E-state index contributed by atoms with van der Waals surface area (Å²) in [6.45, 7) is 6.75. The van der Waals surface area contributed by atoms with Crippen LogP contribution in [0.15, 0.2) is 0 Å². The minimum absolute atomic E-state index is 0.0861. The summed E-state index contributed by atoms with van der Waals surface area (Å²) in [6.07, 6.45) is 3.75. The second-order valence-corrected chi connectivity index (χ2v) is 4.73. The van der Waals surface area contributed by atoms with Gasteiger partial charge < -0.3 is 9.84 Å². The zero-order chi connectivity index (χ0) is 9.19. The molecule has 2 atom stereocenters. The van der Waals surface area contributed by atoms with Gasteiger partial charge in [0.05, 0.1) is 18.8 Å². The van der Waals surface area contributed by atoms with E-state index < -0.39 is 0 Å². The molecule has 0 aliphatic carbocycles. The highest BCUT2D eigenvalue weighted by Crippen LogP contribution is 2.31. The van der Waals surface area contributed by atoms with Gasteiger partial charge in [-0.05, 0) is 24.7 Å². The van der Waals surface area contributed by atoms with E-state index in [1.165, 1.54) is 6.42 Å². The summed E-state index contributed by atoms with van der Waals surface area (Å²) >= 11 is 0. The molecule has 1 aliphatic heterocycles. The molecule has 0 bridgehead atoms. The quantitative estimate of drug-likeness (QED) is 0.655. The van der Waals surface area contributed by atoms with Crippen molar-refractivity contribution < 1.29 is 9.84 Å². The molecule has 0 unspecified atom stereocenters. The third-order valence-corrected chi connectivity index (χ3v) is 2.52. The van der Waals surface area contributed by atoms with Crippen LogP contribution in [0.5, 0.6) is 0 Å². The fourth-order valence-electron chi connectivity index (χ4n) is 1.67. The normalized spacial score (nSPS) is 32.0. The van der Waals surface area contributed by atoms with E-state index in [0.717, 1.165) is 12.8 Å². The highest BCUT2D eigenvalue weighted by molar-refractivity contribution is 4.79. The van der Waals surface area contributed by atoms with Gasteiger partial charge in [-0.3, -0.25) is 0 Å². The van der Waals surface area contributed by atoms with Crippen molar-refractivity contribution in [1.29, 1.82) is 0 Å². The molecule has 0 amide bonds. The van der Waals surface area contributed by atoms with Crippen LogP contribution in [0, 0.1) is 5.41 Å². The SMILES string of the molecule is CC(C)(C)[C@@H]1CCC[C@H](CO)O1. The van der Waals surface area contributed by atoms with E-state index in [-0.39, 0.29) is 18.1 Å². The molecular formula is C10H20O2. The van der Waals surface area contributed by atoms with Crippen molar-refractivity contribution in [3.05, 3.63) is 0 Å². The highest BCUT2D eigenvalue weighted by Gasteiger charge is 2.30. The van der Waals surface area contributed by atoms with Crippen LogP contribution < -0.4 is 0 Å². The second kappa shape index (κ2) is 3.75. The summed E-state index contributed by atoms with van der Waals surface area (Å²) in [4.78, 5) is 0. The van der Waals surface area contributed by atoms with Crippen molar-refractivity contribution in [2.45, 2.75) is 52.2 Å². The largest absolute Gasteiger partial charge is 0.394 e.